The fourth-order valence-corrected chi connectivity index (χ4v) is 8.84. The van der Waals surface area contributed by atoms with Gasteiger partial charge in [0.15, 0.2) is 5.78 Å². The molecular formula is C26H40O5. The molecule has 5 heteroatoms. The Hall–Kier alpha value is -1.23. The Labute approximate surface area is 186 Å². The van der Waals surface area contributed by atoms with E-state index in [1.165, 1.54) is 6.92 Å². The van der Waals surface area contributed by atoms with Crippen LogP contribution in [0.3, 0.4) is 0 Å². The van der Waals surface area contributed by atoms with Crippen LogP contribution in [0.25, 0.3) is 0 Å². The Balaban J connectivity index is 1.67. The number of Topliss-reactive ketones (excluding diaryl/α,β-unsaturated/α-hetero) is 2. The Bertz CT molecular complexity index is 761. The molecule has 0 amide bonds. The van der Waals surface area contributed by atoms with Gasteiger partial charge in [-0.3, -0.25) is 14.4 Å². The first-order chi connectivity index (χ1) is 14.5. The number of carbonyl (C=O) groups excluding carboxylic acids is 3. The summed E-state index contributed by atoms with van der Waals surface area (Å²) in [7, 11) is 0. The number of rotatable bonds is 3. The zero-order valence-electron chi connectivity index (χ0n) is 19.9. The van der Waals surface area contributed by atoms with Gasteiger partial charge in [0, 0.05) is 25.7 Å². The van der Waals surface area contributed by atoms with E-state index in [9.17, 15) is 19.5 Å². The van der Waals surface area contributed by atoms with Gasteiger partial charge >= 0.3 is 5.97 Å². The Morgan fingerprint density at radius 2 is 1.81 bits per heavy atom. The predicted molar refractivity (Wildman–Crippen MR) is 117 cm³/mol. The maximum Gasteiger partial charge on any atom is 0.303 e. The zero-order chi connectivity index (χ0) is 22.7. The van der Waals surface area contributed by atoms with Crippen molar-refractivity contribution < 1.29 is 24.2 Å². The van der Waals surface area contributed by atoms with Crippen molar-refractivity contribution in [2.45, 2.75) is 85.7 Å². The molecule has 31 heavy (non-hydrogen) atoms. The lowest BCUT2D eigenvalue weighted by molar-refractivity contribution is -0.207. The number of ketones is 2. The van der Waals surface area contributed by atoms with Gasteiger partial charge in [-0.15, -0.1) is 0 Å². The first kappa shape index (κ1) is 22.9. The van der Waals surface area contributed by atoms with Crippen molar-refractivity contribution >= 4 is 17.5 Å². The number of hydrogen-bond acceptors (Lipinski definition) is 5. The number of hydrogen-bond donors (Lipinski definition) is 1. The van der Waals surface area contributed by atoms with Crippen molar-refractivity contribution in [1.29, 1.82) is 0 Å². The van der Waals surface area contributed by atoms with E-state index in [1.54, 1.807) is 0 Å². The van der Waals surface area contributed by atoms with Crippen molar-refractivity contribution in [3.63, 3.8) is 0 Å². The quantitative estimate of drug-likeness (QED) is 0.676. The van der Waals surface area contributed by atoms with Gasteiger partial charge in [-0.1, -0.05) is 27.7 Å². The molecule has 10 atom stereocenters. The van der Waals surface area contributed by atoms with Crippen LogP contribution in [0.2, 0.25) is 0 Å². The molecule has 4 aliphatic rings. The van der Waals surface area contributed by atoms with E-state index in [0.29, 0.717) is 54.6 Å². The van der Waals surface area contributed by atoms with E-state index in [4.69, 9.17) is 4.74 Å². The van der Waals surface area contributed by atoms with Gasteiger partial charge in [-0.2, -0.15) is 0 Å². The molecule has 4 aliphatic carbocycles. The largest absolute Gasteiger partial charge is 0.458 e. The number of ether oxygens (including phenoxy) is 1. The van der Waals surface area contributed by atoms with Crippen molar-refractivity contribution in [3.05, 3.63) is 0 Å². The van der Waals surface area contributed by atoms with Gasteiger partial charge in [0.25, 0.3) is 0 Å². The lowest BCUT2D eigenvalue weighted by Gasteiger charge is -2.66. The minimum Gasteiger partial charge on any atom is -0.458 e. The SMILES string of the molecule is CC(=O)OCC(=O)C1C[C@H](C)CC2C3C[C@H](C)C4CC(=O)CC[C@]4(C)C3[C@@H](O)C[C@]12C. The molecule has 0 bridgehead atoms. The van der Waals surface area contributed by atoms with E-state index < -0.39 is 12.1 Å². The van der Waals surface area contributed by atoms with Crippen LogP contribution in [0.4, 0.5) is 0 Å². The van der Waals surface area contributed by atoms with Crippen molar-refractivity contribution in [1.82, 2.24) is 0 Å². The molecule has 5 unspecified atom stereocenters. The molecule has 5 nitrogen and oxygen atoms in total. The Kier molecular flexibility index (Phi) is 5.90. The molecule has 0 spiro atoms. The molecule has 4 saturated carbocycles. The summed E-state index contributed by atoms with van der Waals surface area (Å²) in [6.45, 7) is 10.3. The van der Waals surface area contributed by atoms with Crippen LogP contribution in [-0.2, 0) is 19.1 Å². The molecule has 0 saturated heterocycles. The second-order valence-corrected chi connectivity index (χ2v) is 12.0. The maximum atomic E-state index is 13.2. The van der Waals surface area contributed by atoms with Gasteiger partial charge in [0.2, 0.25) is 0 Å². The first-order valence-corrected chi connectivity index (χ1v) is 12.3. The second kappa shape index (κ2) is 7.97. The highest BCUT2D eigenvalue weighted by atomic mass is 16.5. The molecular weight excluding hydrogens is 392 g/mol. The van der Waals surface area contributed by atoms with E-state index in [1.807, 2.05) is 0 Å². The van der Waals surface area contributed by atoms with Crippen molar-refractivity contribution in [2.24, 2.45) is 52.3 Å². The average Bonchev–Trinajstić information content (AvgIpc) is 2.67. The summed E-state index contributed by atoms with van der Waals surface area (Å²) in [4.78, 5) is 36.7. The third kappa shape index (κ3) is 3.69. The van der Waals surface area contributed by atoms with Gasteiger partial charge in [0.1, 0.15) is 12.4 Å². The molecule has 0 heterocycles. The van der Waals surface area contributed by atoms with Gasteiger partial charge in [-0.25, -0.2) is 0 Å². The van der Waals surface area contributed by atoms with Crippen LogP contribution in [-0.4, -0.2) is 35.4 Å². The Morgan fingerprint density at radius 3 is 2.48 bits per heavy atom. The molecule has 0 radical (unpaired) electrons. The van der Waals surface area contributed by atoms with Crippen LogP contribution in [0.5, 0.6) is 0 Å². The average molecular weight is 433 g/mol. The second-order valence-electron chi connectivity index (χ2n) is 12.0. The molecule has 0 aromatic rings. The highest BCUT2D eigenvalue weighted by molar-refractivity contribution is 5.85. The van der Waals surface area contributed by atoms with Gasteiger partial charge < -0.3 is 9.84 Å². The fourth-order valence-electron chi connectivity index (χ4n) is 8.84. The standard InChI is InChI=1S/C26H40O5/c1-14-8-20-18-10-15(2)19-11-17(28)6-7-25(19,4)24(18)22(29)12-26(20,5)21(9-14)23(30)13-31-16(3)27/h14-15,18-22,24,29H,6-13H2,1-5H3/t14-,15+,18?,19?,20?,21?,22+,24?,25+,26+/m1/s1. The van der Waals surface area contributed by atoms with Gasteiger partial charge in [-0.05, 0) is 78.4 Å². The lowest BCUT2D eigenvalue weighted by atomic mass is 9.39. The van der Waals surface area contributed by atoms with E-state index in [0.717, 1.165) is 25.7 Å². The van der Waals surface area contributed by atoms with E-state index >= 15 is 0 Å². The summed E-state index contributed by atoms with van der Waals surface area (Å²) < 4.78 is 5.08. The summed E-state index contributed by atoms with van der Waals surface area (Å²) in [5.74, 6) is 2.01. The predicted octanol–water partition coefficient (Wildman–Crippen LogP) is 4.20. The van der Waals surface area contributed by atoms with Crippen molar-refractivity contribution in [2.75, 3.05) is 6.61 Å². The van der Waals surface area contributed by atoms with Crippen molar-refractivity contribution in [3.8, 4) is 0 Å². The monoisotopic (exact) mass is 432 g/mol. The highest BCUT2D eigenvalue weighted by Crippen LogP contribution is 2.67. The lowest BCUT2D eigenvalue weighted by Crippen LogP contribution is -2.63. The van der Waals surface area contributed by atoms with Gasteiger partial charge in [0.05, 0.1) is 6.10 Å². The number of carbonyl (C=O) groups is 3. The molecule has 174 valence electrons. The minimum atomic E-state index is -0.447. The third-order valence-corrected chi connectivity index (χ3v) is 10.1. The van der Waals surface area contributed by atoms with E-state index in [2.05, 4.69) is 27.7 Å². The molecule has 0 aromatic heterocycles. The smallest absolute Gasteiger partial charge is 0.303 e. The van der Waals surface area contributed by atoms with Crippen LogP contribution < -0.4 is 0 Å². The van der Waals surface area contributed by atoms with Crippen LogP contribution in [0.15, 0.2) is 0 Å². The summed E-state index contributed by atoms with van der Waals surface area (Å²) in [6, 6.07) is 0. The minimum absolute atomic E-state index is 0.00504. The summed E-state index contributed by atoms with van der Waals surface area (Å²) in [5, 5.41) is 11.6. The number of fused-ring (bicyclic) bond motifs is 5. The molecule has 4 fully saturated rings. The van der Waals surface area contributed by atoms with E-state index in [-0.39, 0.29) is 35.1 Å². The molecule has 1 N–H and O–H groups in total. The fraction of sp³-hybridized carbons (Fsp3) is 0.885. The molecule has 0 aromatic carbocycles. The topological polar surface area (TPSA) is 80.7 Å². The maximum absolute atomic E-state index is 13.2. The number of esters is 1. The summed E-state index contributed by atoms with van der Waals surface area (Å²) >= 11 is 0. The molecule has 0 aliphatic heterocycles. The number of aliphatic hydroxyl groups excluding tert-OH is 1. The zero-order valence-corrected chi connectivity index (χ0v) is 19.9. The molecule has 4 rings (SSSR count). The first-order valence-electron chi connectivity index (χ1n) is 12.3. The normalized spacial score (nSPS) is 49.4. The number of aliphatic hydroxyl groups is 1. The highest BCUT2D eigenvalue weighted by Gasteiger charge is 2.64. The van der Waals surface area contributed by atoms with Crippen LogP contribution in [0.1, 0.15) is 79.6 Å². The van der Waals surface area contributed by atoms with Crippen LogP contribution >= 0.6 is 0 Å². The summed E-state index contributed by atoms with van der Waals surface area (Å²) in [6.07, 6.45) is 5.30. The summed E-state index contributed by atoms with van der Waals surface area (Å²) in [5.41, 5.74) is -0.271. The third-order valence-electron chi connectivity index (χ3n) is 10.1. The van der Waals surface area contributed by atoms with Crippen LogP contribution in [0, 0.1) is 52.3 Å². The Morgan fingerprint density at radius 1 is 1.10 bits per heavy atom.